The number of hydrogen-bond acceptors (Lipinski definition) is 9. The van der Waals surface area contributed by atoms with Crippen molar-refractivity contribution in [3.8, 4) is 0 Å². The third-order valence-corrected chi connectivity index (χ3v) is 10.9. The number of benzene rings is 1. The molecule has 1 aliphatic rings. The molecular weight excluding hydrogens is 702 g/mol. The van der Waals surface area contributed by atoms with E-state index in [9.17, 15) is 19.2 Å². The van der Waals surface area contributed by atoms with E-state index in [1.165, 1.54) is 7.11 Å². The van der Waals surface area contributed by atoms with Crippen molar-refractivity contribution in [3.05, 3.63) is 35.9 Å². The summed E-state index contributed by atoms with van der Waals surface area (Å²) in [5.41, 5.74) is 0.885. The van der Waals surface area contributed by atoms with Crippen LogP contribution in [0.2, 0.25) is 0 Å². The van der Waals surface area contributed by atoms with E-state index >= 15 is 0 Å². The van der Waals surface area contributed by atoms with Crippen molar-refractivity contribution in [1.82, 2.24) is 30.2 Å². The average Bonchev–Trinajstić information content (AvgIpc) is 3.65. The molecule has 0 radical (unpaired) electrons. The summed E-state index contributed by atoms with van der Waals surface area (Å²) in [6, 6.07) is 7.12. The Balaban J connectivity index is 2.32. The molecule has 1 fully saturated rings. The minimum atomic E-state index is -0.879. The first kappa shape index (κ1) is 47.4. The highest BCUT2D eigenvalue weighted by Gasteiger charge is 2.43. The average molecular weight is 774 g/mol. The number of amides is 3. The van der Waals surface area contributed by atoms with Gasteiger partial charge in [0, 0.05) is 68.5 Å². The van der Waals surface area contributed by atoms with Gasteiger partial charge in [0.2, 0.25) is 17.7 Å². The van der Waals surface area contributed by atoms with Gasteiger partial charge in [-0.25, -0.2) is 9.79 Å². The SMILES string of the molecule is CC[C@H](C)[C@@H]([C@@H](CC(=O)N1CCC[C@H]1[C@H](OC)[C@@H](C)C(=O)N[C@@H](Cc1ccccc1)C(=O)OC)OC)N(C)C(=O)[C@@H](N=C(N(C)C)N(C)CCNC)C(C)C. The molecule has 0 bridgehead atoms. The van der Waals surface area contributed by atoms with Crippen molar-refractivity contribution in [1.29, 1.82) is 0 Å². The van der Waals surface area contributed by atoms with Gasteiger partial charge in [-0.1, -0.05) is 71.4 Å². The smallest absolute Gasteiger partial charge is 0.328 e. The summed E-state index contributed by atoms with van der Waals surface area (Å²) in [7, 11) is 13.9. The van der Waals surface area contributed by atoms with Crippen molar-refractivity contribution >= 4 is 29.7 Å². The zero-order valence-corrected chi connectivity index (χ0v) is 35.8. The van der Waals surface area contributed by atoms with E-state index in [1.54, 1.807) is 38.0 Å². The number of rotatable bonds is 21. The van der Waals surface area contributed by atoms with E-state index in [4.69, 9.17) is 19.2 Å². The number of nitrogens with zero attached hydrogens (tertiary/aromatic N) is 5. The molecule has 14 heteroatoms. The minimum absolute atomic E-state index is 0.0126. The number of ether oxygens (including phenoxy) is 3. The Morgan fingerprint density at radius 2 is 1.64 bits per heavy atom. The lowest BCUT2D eigenvalue weighted by Gasteiger charge is -2.40. The molecule has 0 aliphatic carbocycles. The Bertz CT molecular complexity index is 1380. The van der Waals surface area contributed by atoms with Crippen LogP contribution in [0.1, 0.15) is 65.9 Å². The van der Waals surface area contributed by atoms with Gasteiger partial charge in [0.15, 0.2) is 5.96 Å². The van der Waals surface area contributed by atoms with Crippen LogP contribution in [-0.2, 0) is 39.8 Å². The molecule has 1 saturated heterocycles. The number of esters is 1. The minimum Gasteiger partial charge on any atom is -0.467 e. The highest BCUT2D eigenvalue weighted by molar-refractivity contribution is 5.88. The van der Waals surface area contributed by atoms with Gasteiger partial charge in [0.1, 0.15) is 12.1 Å². The summed E-state index contributed by atoms with van der Waals surface area (Å²) in [5, 5.41) is 6.04. The monoisotopic (exact) mass is 774 g/mol. The Morgan fingerprint density at radius 1 is 0.982 bits per heavy atom. The molecule has 1 aromatic carbocycles. The second kappa shape index (κ2) is 23.3. The van der Waals surface area contributed by atoms with Crippen molar-refractivity contribution in [2.75, 3.05) is 76.2 Å². The third kappa shape index (κ3) is 13.2. The van der Waals surface area contributed by atoms with E-state index < -0.39 is 42.2 Å². The molecule has 14 nitrogen and oxygen atoms in total. The summed E-state index contributed by atoms with van der Waals surface area (Å²) in [6.07, 6.45) is 1.27. The van der Waals surface area contributed by atoms with Crippen LogP contribution in [0, 0.1) is 17.8 Å². The number of likely N-dealkylation sites (tertiary alicyclic amines) is 1. The molecule has 8 atom stereocenters. The normalized spacial score (nSPS) is 18.5. The number of aliphatic imine (C=N–C) groups is 1. The van der Waals surface area contributed by atoms with E-state index in [-0.39, 0.29) is 48.4 Å². The standard InChI is InChI=1S/C41H71N7O7/c1-14-28(4)36(47(10)39(51)35(27(2)3)44-41(45(7)8)46(9)24-22-42-6)33(53-11)26-34(49)48-23-18-21-32(48)37(54-12)29(5)38(50)43-31(40(52)55-13)25-30-19-16-15-17-20-30/h15-17,19-20,27-29,31-33,35-37,42H,14,18,21-26H2,1-13H3,(H,43,50)/t28-,29+,31-,32-,33+,35-,36-,37+/m0/s1. The van der Waals surface area contributed by atoms with E-state index in [0.717, 1.165) is 31.5 Å². The summed E-state index contributed by atoms with van der Waals surface area (Å²) >= 11 is 0. The van der Waals surface area contributed by atoms with Gasteiger partial charge in [-0.15, -0.1) is 0 Å². The van der Waals surface area contributed by atoms with Gasteiger partial charge in [-0.2, -0.15) is 0 Å². The molecule has 3 amide bonds. The fourth-order valence-corrected chi connectivity index (χ4v) is 7.55. The van der Waals surface area contributed by atoms with Crippen LogP contribution < -0.4 is 10.6 Å². The lowest BCUT2D eigenvalue weighted by atomic mass is 9.89. The Kier molecular flexibility index (Phi) is 20.1. The highest BCUT2D eigenvalue weighted by atomic mass is 16.5. The molecule has 2 N–H and O–H groups in total. The molecule has 1 aliphatic heterocycles. The lowest BCUT2D eigenvalue weighted by molar-refractivity contribution is -0.148. The molecule has 1 heterocycles. The molecule has 0 spiro atoms. The first-order chi connectivity index (χ1) is 26.1. The van der Waals surface area contributed by atoms with Crippen LogP contribution in [0.25, 0.3) is 0 Å². The fourth-order valence-electron chi connectivity index (χ4n) is 7.55. The number of methoxy groups -OCH3 is 3. The van der Waals surface area contributed by atoms with Crippen LogP contribution in [0.4, 0.5) is 0 Å². The maximum absolute atomic E-state index is 14.4. The van der Waals surface area contributed by atoms with E-state index in [0.29, 0.717) is 18.9 Å². The van der Waals surface area contributed by atoms with Crippen molar-refractivity contribution in [2.24, 2.45) is 22.7 Å². The van der Waals surface area contributed by atoms with Crippen molar-refractivity contribution < 1.29 is 33.4 Å². The number of carbonyl (C=O) groups excluding carboxylic acids is 4. The van der Waals surface area contributed by atoms with Gasteiger partial charge < -0.3 is 44.4 Å². The van der Waals surface area contributed by atoms with E-state index in [2.05, 4.69) is 24.5 Å². The summed E-state index contributed by atoms with van der Waals surface area (Å²) in [6.45, 7) is 11.9. The summed E-state index contributed by atoms with van der Waals surface area (Å²) in [5.74, 6) is -1.21. The molecule has 0 unspecified atom stereocenters. The number of hydrogen-bond donors (Lipinski definition) is 2. The largest absolute Gasteiger partial charge is 0.467 e. The lowest BCUT2D eigenvalue weighted by Crippen LogP contribution is -2.55. The van der Waals surface area contributed by atoms with Gasteiger partial charge in [-0.05, 0) is 37.3 Å². The van der Waals surface area contributed by atoms with Crippen LogP contribution in [0.5, 0.6) is 0 Å². The van der Waals surface area contributed by atoms with Gasteiger partial charge in [-0.3, -0.25) is 14.4 Å². The quantitative estimate of drug-likeness (QED) is 0.109. The zero-order valence-electron chi connectivity index (χ0n) is 35.8. The first-order valence-electron chi connectivity index (χ1n) is 19.7. The van der Waals surface area contributed by atoms with E-state index in [1.807, 2.05) is 82.2 Å². The second-order valence-corrected chi connectivity index (χ2v) is 15.4. The molecule has 2 rings (SSSR count). The summed E-state index contributed by atoms with van der Waals surface area (Å²) < 4.78 is 17.0. The molecule has 0 aromatic heterocycles. The maximum Gasteiger partial charge on any atom is 0.328 e. The number of carbonyl (C=O) groups is 4. The predicted octanol–water partition coefficient (Wildman–Crippen LogP) is 2.90. The van der Waals surface area contributed by atoms with Crippen molar-refractivity contribution in [3.63, 3.8) is 0 Å². The Morgan fingerprint density at radius 3 is 2.16 bits per heavy atom. The number of guanidine groups is 1. The van der Waals surface area contributed by atoms with Gasteiger partial charge in [0.25, 0.3) is 0 Å². The molecule has 312 valence electrons. The number of likely N-dealkylation sites (N-methyl/N-ethyl adjacent to an activating group) is 3. The van der Waals surface area contributed by atoms with Crippen molar-refractivity contribution in [2.45, 2.75) is 103 Å². The predicted molar refractivity (Wildman–Crippen MR) is 217 cm³/mol. The van der Waals surface area contributed by atoms with Crippen LogP contribution in [-0.4, -0.2) is 162 Å². The zero-order chi connectivity index (χ0) is 41.4. The van der Waals surface area contributed by atoms with Crippen LogP contribution >= 0.6 is 0 Å². The van der Waals surface area contributed by atoms with Gasteiger partial charge >= 0.3 is 5.97 Å². The second-order valence-electron chi connectivity index (χ2n) is 15.4. The maximum atomic E-state index is 14.4. The highest BCUT2D eigenvalue weighted by Crippen LogP contribution is 2.30. The fraction of sp³-hybridized carbons (Fsp3) is 0.732. The first-order valence-corrected chi connectivity index (χ1v) is 19.7. The van der Waals surface area contributed by atoms with Gasteiger partial charge in [0.05, 0.1) is 43.7 Å². The molecule has 1 aromatic rings. The number of nitrogens with one attached hydrogen (secondary N) is 2. The molecule has 0 saturated carbocycles. The third-order valence-electron chi connectivity index (χ3n) is 10.9. The van der Waals surface area contributed by atoms with Crippen LogP contribution in [0.3, 0.4) is 0 Å². The van der Waals surface area contributed by atoms with Crippen LogP contribution in [0.15, 0.2) is 35.3 Å². The topological polar surface area (TPSA) is 145 Å². The molecule has 55 heavy (non-hydrogen) atoms. The summed E-state index contributed by atoms with van der Waals surface area (Å²) in [4.78, 5) is 67.5. The Hall–Kier alpha value is -3.75. The Labute approximate surface area is 330 Å². The molecular formula is C41H71N7O7.